The maximum atomic E-state index is 13.2. The molecule has 1 aromatic carbocycles. The van der Waals surface area contributed by atoms with E-state index in [1.807, 2.05) is 0 Å². The van der Waals surface area contributed by atoms with E-state index >= 15 is 0 Å². The fourth-order valence-electron chi connectivity index (χ4n) is 4.24. The molecule has 0 radical (unpaired) electrons. The Morgan fingerprint density at radius 1 is 1.22 bits per heavy atom. The Morgan fingerprint density at radius 3 is 2.56 bits per heavy atom. The second-order valence-corrected chi connectivity index (χ2v) is 8.65. The van der Waals surface area contributed by atoms with Gasteiger partial charge >= 0.3 is 0 Å². The van der Waals surface area contributed by atoms with Crippen LogP contribution in [-0.2, 0) is 19.2 Å². The van der Waals surface area contributed by atoms with Gasteiger partial charge in [0.2, 0.25) is 23.6 Å². The number of likely N-dealkylation sites (tertiary alicyclic amines) is 1. The zero-order chi connectivity index (χ0) is 26.2. The zero-order valence-electron chi connectivity index (χ0n) is 19.6. The molecular weight excluding hydrogens is 472 g/mol. The van der Waals surface area contributed by atoms with Gasteiger partial charge in [-0.25, -0.2) is 0 Å². The van der Waals surface area contributed by atoms with Crippen LogP contribution in [0.1, 0.15) is 38.5 Å². The van der Waals surface area contributed by atoms with Gasteiger partial charge in [-0.05, 0) is 44.2 Å². The maximum absolute atomic E-state index is 13.2. The molecule has 2 aliphatic rings. The van der Waals surface area contributed by atoms with Gasteiger partial charge in [-0.2, -0.15) is 0 Å². The Labute approximate surface area is 207 Å². The van der Waals surface area contributed by atoms with Crippen LogP contribution >= 0.6 is 0 Å². The topological polar surface area (TPSA) is 215 Å². The predicted octanol–water partition coefficient (Wildman–Crippen LogP) is -0.659. The number of nitro groups is 1. The van der Waals surface area contributed by atoms with Gasteiger partial charge in [0.05, 0.1) is 4.92 Å². The smallest absolute Gasteiger partial charge is 0.269 e. The van der Waals surface area contributed by atoms with Crippen LogP contribution in [0.15, 0.2) is 29.3 Å². The summed E-state index contributed by atoms with van der Waals surface area (Å²) in [5.74, 6) is -1.60. The molecule has 2 aliphatic heterocycles. The highest BCUT2D eigenvalue weighted by molar-refractivity contribution is 5.99. The Morgan fingerprint density at radius 2 is 1.94 bits per heavy atom. The molecule has 3 rings (SSSR count). The van der Waals surface area contributed by atoms with Crippen LogP contribution in [0.2, 0.25) is 0 Å². The minimum Gasteiger partial charge on any atom is -0.370 e. The lowest BCUT2D eigenvalue weighted by molar-refractivity contribution is -0.384. The third-order valence-electron chi connectivity index (χ3n) is 6.06. The molecule has 1 aromatic rings. The standard InChI is InChI=1S/C22H30N8O6/c23-22(24)25-11-1-3-15(19(32)26-13-5-7-14(8-6-13)30(35)36)28-20(33)17-4-2-12-29(17)21(34)16-9-10-18(31)27-16/h5-8,15-17H,1-4,9-12H2,(H,26,32)(H,27,31)(H,28,33)(H4,23,24,25). The summed E-state index contributed by atoms with van der Waals surface area (Å²) in [5, 5.41) is 18.9. The zero-order valence-corrected chi connectivity index (χ0v) is 19.6. The molecule has 0 spiro atoms. The van der Waals surface area contributed by atoms with E-state index in [9.17, 15) is 29.3 Å². The molecule has 0 saturated carbocycles. The first-order chi connectivity index (χ1) is 17.2. The lowest BCUT2D eigenvalue weighted by atomic mass is 10.1. The minimum atomic E-state index is -0.967. The Bertz CT molecular complexity index is 1040. The summed E-state index contributed by atoms with van der Waals surface area (Å²) >= 11 is 0. The lowest BCUT2D eigenvalue weighted by Crippen LogP contribution is -2.54. The van der Waals surface area contributed by atoms with Crippen LogP contribution in [0.4, 0.5) is 11.4 Å². The van der Waals surface area contributed by atoms with Gasteiger partial charge < -0.3 is 32.3 Å². The van der Waals surface area contributed by atoms with E-state index in [1.165, 1.54) is 29.2 Å². The maximum Gasteiger partial charge on any atom is 0.269 e. The van der Waals surface area contributed by atoms with E-state index in [0.717, 1.165) is 0 Å². The summed E-state index contributed by atoms with van der Waals surface area (Å²) in [5.41, 5.74) is 10.9. The number of nitrogens with two attached hydrogens (primary N) is 2. The van der Waals surface area contributed by atoms with Gasteiger partial charge in [0.1, 0.15) is 18.1 Å². The monoisotopic (exact) mass is 502 g/mol. The van der Waals surface area contributed by atoms with Gasteiger partial charge in [-0.1, -0.05) is 0 Å². The van der Waals surface area contributed by atoms with E-state index in [2.05, 4.69) is 20.9 Å². The van der Waals surface area contributed by atoms with Crippen molar-refractivity contribution in [2.24, 2.45) is 16.5 Å². The Hall–Kier alpha value is -4.23. The molecule has 36 heavy (non-hydrogen) atoms. The van der Waals surface area contributed by atoms with Crippen molar-refractivity contribution in [3.63, 3.8) is 0 Å². The van der Waals surface area contributed by atoms with Crippen molar-refractivity contribution in [3.05, 3.63) is 34.4 Å². The Balaban J connectivity index is 1.67. The number of amides is 4. The van der Waals surface area contributed by atoms with Crippen LogP contribution in [0.25, 0.3) is 0 Å². The number of nitro benzene ring substituents is 1. The molecule has 0 bridgehead atoms. The average molecular weight is 503 g/mol. The number of carbonyl (C=O) groups is 4. The van der Waals surface area contributed by atoms with Crippen LogP contribution in [0, 0.1) is 10.1 Å². The number of carbonyl (C=O) groups excluding carboxylic acids is 4. The SMILES string of the molecule is NC(N)=NCCCC(NC(=O)C1CCCN1C(=O)C1CCC(=O)N1)C(=O)Nc1ccc([N+](=O)[O-])cc1. The summed E-state index contributed by atoms with van der Waals surface area (Å²) in [6.07, 6.45) is 2.30. The second kappa shape index (κ2) is 12.0. The molecular formula is C22H30N8O6. The normalized spacial score (nSPS) is 19.8. The number of guanidine groups is 1. The molecule has 0 aliphatic carbocycles. The van der Waals surface area contributed by atoms with Crippen molar-refractivity contribution < 1.29 is 24.1 Å². The van der Waals surface area contributed by atoms with Gasteiger partial charge in [0.15, 0.2) is 5.96 Å². The van der Waals surface area contributed by atoms with Crippen LogP contribution in [0.3, 0.4) is 0 Å². The van der Waals surface area contributed by atoms with E-state index in [1.54, 1.807) is 0 Å². The summed E-state index contributed by atoms with van der Waals surface area (Å²) < 4.78 is 0. The van der Waals surface area contributed by atoms with E-state index in [0.29, 0.717) is 37.9 Å². The number of benzene rings is 1. The van der Waals surface area contributed by atoms with Gasteiger partial charge in [-0.15, -0.1) is 0 Å². The number of aliphatic imine (C=N–C) groups is 1. The number of hydrogen-bond acceptors (Lipinski definition) is 7. The highest BCUT2D eigenvalue weighted by atomic mass is 16.6. The molecule has 194 valence electrons. The number of hydrogen-bond donors (Lipinski definition) is 5. The second-order valence-electron chi connectivity index (χ2n) is 8.65. The molecule has 4 amide bonds. The summed E-state index contributed by atoms with van der Waals surface area (Å²) in [6.45, 7) is 0.627. The molecule has 2 saturated heterocycles. The lowest BCUT2D eigenvalue weighted by Gasteiger charge is -2.28. The van der Waals surface area contributed by atoms with Gasteiger partial charge in [0, 0.05) is 37.3 Å². The van der Waals surface area contributed by atoms with Crippen molar-refractivity contribution in [2.75, 3.05) is 18.4 Å². The summed E-state index contributed by atoms with van der Waals surface area (Å²) in [6, 6.07) is 2.92. The molecule has 3 atom stereocenters. The fraction of sp³-hybridized carbons (Fsp3) is 0.500. The van der Waals surface area contributed by atoms with Crippen molar-refractivity contribution in [3.8, 4) is 0 Å². The first-order valence-corrected chi connectivity index (χ1v) is 11.7. The molecule has 14 nitrogen and oxygen atoms in total. The van der Waals surface area contributed by atoms with E-state index in [-0.39, 0.29) is 42.8 Å². The highest BCUT2D eigenvalue weighted by Crippen LogP contribution is 2.22. The number of anilines is 1. The molecule has 14 heteroatoms. The van der Waals surface area contributed by atoms with Crippen LogP contribution in [0.5, 0.6) is 0 Å². The van der Waals surface area contributed by atoms with Crippen LogP contribution in [-0.4, -0.2) is 70.6 Å². The third kappa shape index (κ3) is 6.90. The first kappa shape index (κ1) is 26.4. The highest BCUT2D eigenvalue weighted by Gasteiger charge is 2.40. The predicted molar refractivity (Wildman–Crippen MR) is 129 cm³/mol. The van der Waals surface area contributed by atoms with Crippen molar-refractivity contribution in [2.45, 2.75) is 56.7 Å². The van der Waals surface area contributed by atoms with E-state index in [4.69, 9.17) is 11.5 Å². The van der Waals surface area contributed by atoms with Gasteiger partial charge in [-0.3, -0.25) is 34.3 Å². The molecule has 3 unspecified atom stereocenters. The summed E-state index contributed by atoms with van der Waals surface area (Å²) in [4.78, 5) is 66.2. The average Bonchev–Trinajstić information content (AvgIpc) is 3.50. The molecule has 0 aromatic heterocycles. The third-order valence-corrected chi connectivity index (χ3v) is 6.06. The largest absolute Gasteiger partial charge is 0.370 e. The van der Waals surface area contributed by atoms with E-state index < -0.39 is 34.9 Å². The number of rotatable bonds is 10. The number of non-ortho nitro benzene ring substituents is 1. The number of nitrogens with one attached hydrogen (secondary N) is 3. The fourth-order valence-corrected chi connectivity index (χ4v) is 4.24. The molecule has 2 fully saturated rings. The van der Waals surface area contributed by atoms with Crippen molar-refractivity contribution in [1.29, 1.82) is 0 Å². The Kier molecular flexibility index (Phi) is 8.76. The number of nitrogens with zero attached hydrogens (tertiary/aromatic N) is 3. The van der Waals surface area contributed by atoms with Gasteiger partial charge in [0.25, 0.3) is 5.69 Å². The molecule has 7 N–H and O–H groups in total. The molecule has 2 heterocycles. The quantitative estimate of drug-likeness (QED) is 0.0907. The van der Waals surface area contributed by atoms with Crippen molar-refractivity contribution in [1.82, 2.24) is 15.5 Å². The van der Waals surface area contributed by atoms with Crippen molar-refractivity contribution >= 4 is 41.0 Å². The summed E-state index contributed by atoms with van der Waals surface area (Å²) in [7, 11) is 0. The minimum absolute atomic E-state index is 0.0926. The van der Waals surface area contributed by atoms with Crippen LogP contribution < -0.4 is 27.4 Å². The first-order valence-electron chi connectivity index (χ1n) is 11.7.